The number of aliphatic hydroxyl groups is 1. The summed E-state index contributed by atoms with van der Waals surface area (Å²) in [4.78, 5) is 0. The second-order valence-electron chi connectivity index (χ2n) is 3.81. The normalized spacial score (nSPS) is 31.9. The zero-order valence-electron chi connectivity index (χ0n) is 6.97. The quantitative estimate of drug-likeness (QED) is 0.528. The van der Waals surface area contributed by atoms with E-state index >= 15 is 0 Å². The fraction of sp³-hybridized carbons (Fsp3) is 0.800. The van der Waals surface area contributed by atoms with Crippen molar-refractivity contribution in [2.75, 3.05) is 0 Å². The van der Waals surface area contributed by atoms with Gasteiger partial charge in [0.25, 0.3) is 0 Å². The Hall–Kier alpha value is -0.300. The molecule has 1 heteroatoms. The molecule has 1 N–H and O–H groups in total. The van der Waals surface area contributed by atoms with Crippen molar-refractivity contribution in [1.82, 2.24) is 0 Å². The minimum atomic E-state index is -0.0214. The molecule has 0 aromatic rings. The summed E-state index contributed by atoms with van der Waals surface area (Å²) in [7, 11) is 0. The van der Waals surface area contributed by atoms with Crippen LogP contribution in [0.1, 0.15) is 44.9 Å². The molecule has 0 saturated carbocycles. The standard InChI is InChI=1S/C10H16O/c11-10-6-5-8-3-1-2-4-9(8)7-10/h10-11H,1-7H2. The lowest BCUT2D eigenvalue weighted by Gasteiger charge is -2.27. The molecule has 0 fully saturated rings. The molecule has 0 aliphatic heterocycles. The van der Waals surface area contributed by atoms with E-state index in [1.807, 2.05) is 0 Å². The molecule has 0 aromatic carbocycles. The van der Waals surface area contributed by atoms with Gasteiger partial charge in [-0.25, -0.2) is 0 Å². The fourth-order valence-electron chi connectivity index (χ4n) is 2.31. The van der Waals surface area contributed by atoms with Crippen molar-refractivity contribution in [1.29, 1.82) is 0 Å². The van der Waals surface area contributed by atoms with Crippen molar-refractivity contribution in [2.45, 2.75) is 51.0 Å². The number of hydrogen-bond donors (Lipinski definition) is 1. The maximum atomic E-state index is 9.41. The van der Waals surface area contributed by atoms with Gasteiger partial charge in [-0.15, -0.1) is 0 Å². The van der Waals surface area contributed by atoms with Crippen LogP contribution in [0.15, 0.2) is 11.1 Å². The van der Waals surface area contributed by atoms with Gasteiger partial charge in [-0.2, -0.15) is 0 Å². The Morgan fingerprint density at radius 3 is 2.55 bits per heavy atom. The topological polar surface area (TPSA) is 20.2 Å². The smallest absolute Gasteiger partial charge is 0.0580 e. The molecule has 0 amide bonds. The SMILES string of the molecule is OC1CCC2=C(CCCC2)C1. The summed E-state index contributed by atoms with van der Waals surface area (Å²) in [6.07, 6.45) is 8.48. The molecule has 0 bridgehead atoms. The highest BCUT2D eigenvalue weighted by molar-refractivity contribution is 5.20. The average molecular weight is 152 g/mol. The molecule has 1 atom stereocenters. The molecule has 2 aliphatic rings. The van der Waals surface area contributed by atoms with Crippen LogP contribution in [-0.4, -0.2) is 11.2 Å². The Bertz CT molecular complexity index is 181. The van der Waals surface area contributed by atoms with Gasteiger partial charge in [0.2, 0.25) is 0 Å². The van der Waals surface area contributed by atoms with Crippen LogP contribution in [0.5, 0.6) is 0 Å². The minimum absolute atomic E-state index is 0.0214. The van der Waals surface area contributed by atoms with Gasteiger partial charge in [-0.1, -0.05) is 11.1 Å². The van der Waals surface area contributed by atoms with E-state index < -0.39 is 0 Å². The van der Waals surface area contributed by atoms with Crippen LogP contribution < -0.4 is 0 Å². The fourth-order valence-corrected chi connectivity index (χ4v) is 2.31. The first-order valence-electron chi connectivity index (χ1n) is 4.74. The first-order valence-corrected chi connectivity index (χ1v) is 4.74. The summed E-state index contributed by atoms with van der Waals surface area (Å²) >= 11 is 0. The third-order valence-corrected chi connectivity index (χ3v) is 2.97. The molecule has 1 unspecified atom stereocenters. The van der Waals surface area contributed by atoms with E-state index in [0.717, 1.165) is 12.8 Å². The highest BCUT2D eigenvalue weighted by atomic mass is 16.3. The Kier molecular flexibility index (Phi) is 1.99. The second-order valence-corrected chi connectivity index (χ2v) is 3.81. The minimum Gasteiger partial charge on any atom is -0.393 e. The zero-order valence-corrected chi connectivity index (χ0v) is 6.97. The lowest BCUT2D eigenvalue weighted by molar-refractivity contribution is 0.154. The van der Waals surface area contributed by atoms with Crippen LogP contribution in [0, 0.1) is 0 Å². The van der Waals surface area contributed by atoms with Crippen molar-refractivity contribution in [2.24, 2.45) is 0 Å². The zero-order chi connectivity index (χ0) is 7.68. The van der Waals surface area contributed by atoms with Gasteiger partial charge in [0, 0.05) is 0 Å². The van der Waals surface area contributed by atoms with Crippen LogP contribution >= 0.6 is 0 Å². The molecule has 11 heavy (non-hydrogen) atoms. The predicted octanol–water partition coefficient (Wildman–Crippen LogP) is 2.40. The van der Waals surface area contributed by atoms with E-state index in [1.54, 1.807) is 11.1 Å². The molecule has 2 aliphatic carbocycles. The van der Waals surface area contributed by atoms with Crippen molar-refractivity contribution in [3.63, 3.8) is 0 Å². The lowest BCUT2D eigenvalue weighted by atomic mass is 9.81. The summed E-state index contributed by atoms with van der Waals surface area (Å²) in [6, 6.07) is 0. The van der Waals surface area contributed by atoms with Gasteiger partial charge in [0.1, 0.15) is 0 Å². The summed E-state index contributed by atoms with van der Waals surface area (Å²) in [6.45, 7) is 0. The van der Waals surface area contributed by atoms with Crippen molar-refractivity contribution < 1.29 is 5.11 Å². The van der Waals surface area contributed by atoms with Crippen LogP contribution in [0.3, 0.4) is 0 Å². The van der Waals surface area contributed by atoms with Crippen LogP contribution in [-0.2, 0) is 0 Å². The first kappa shape index (κ1) is 7.35. The molecule has 0 radical (unpaired) electrons. The highest BCUT2D eigenvalue weighted by Gasteiger charge is 2.20. The predicted molar refractivity (Wildman–Crippen MR) is 45.4 cm³/mol. The third kappa shape index (κ3) is 1.48. The van der Waals surface area contributed by atoms with E-state index in [0.29, 0.717) is 0 Å². The first-order chi connectivity index (χ1) is 5.36. The molecular weight excluding hydrogens is 136 g/mol. The molecule has 62 valence electrons. The summed E-state index contributed by atoms with van der Waals surface area (Å²) in [5.41, 5.74) is 3.27. The highest BCUT2D eigenvalue weighted by Crippen LogP contribution is 2.35. The Labute approximate surface area is 68.1 Å². The van der Waals surface area contributed by atoms with Crippen LogP contribution in [0.25, 0.3) is 0 Å². The number of aliphatic hydroxyl groups excluding tert-OH is 1. The van der Waals surface area contributed by atoms with Gasteiger partial charge < -0.3 is 5.11 Å². The van der Waals surface area contributed by atoms with Gasteiger partial charge in [0.05, 0.1) is 6.10 Å². The Morgan fingerprint density at radius 1 is 1.00 bits per heavy atom. The van der Waals surface area contributed by atoms with Gasteiger partial charge in [0.15, 0.2) is 0 Å². The van der Waals surface area contributed by atoms with Gasteiger partial charge in [-0.05, 0) is 44.9 Å². The molecule has 1 nitrogen and oxygen atoms in total. The maximum Gasteiger partial charge on any atom is 0.0580 e. The average Bonchev–Trinajstić information content (AvgIpc) is 2.04. The van der Waals surface area contributed by atoms with E-state index in [4.69, 9.17) is 0 Å². The van der Waals surface area contributed by atoms with E-state index in [-0.39, 0.29) is 6.10 Å². The second kappa shape index (κ2) is 2.98. The summed E-state index contributed by atoms with van der Waals surface area (Å²) in [5, 5.41) is 9.41. The Morgan fingerprint density at radius 2 is 1.73 bits per heavy atom. The third-order valence-electron chi connectivity index (χ3n) is 2.97. The monoisotopic (exact) mass is 152 g/mol. The van der Waals surface area contributed by atoms with Crippen molar-refractivity contribution in [3.8, 4) is 0 Å². The van der Waals surface area contributed by atoms with Crippen LogP contribution in [0.2, 0.25) is 0 Å². The molecular formula is C10H16O. The van der Waals surface area contributed by atoms with E-state index in [1.165, 1.54) is 32.1 Å². The molecule has 2 rings (SSSR count). The molecule has 0 aromatic heterocycles. The molecule has 0 saturated heterocycles. The van der Waals surface area contributed by atoms with E-state index in [9.17, 15) is 5.11 Å². The van der Waals surface area contributed by atoms with E-state index in [2.05, 4.69) is 0 Å². The van der Waals surface area contributed by atoms with Gasteiger partial charge >= 0.3 is 0 Å². The number of allylic oxidation sites excluding steroid dienone is 1. The summed E-state index contributed by atoms with van der Waals surface area (Å²) < 4.78 is 0. The largest absolute Gasteiger partial charge is 0.393 e. The van der Waals surface area contributed by atoms with Crippen LogP contribution in [0.4, 0.5) is 0 Å². The van der Waals surface area contributed by atoms with Gasteiger partial charge in [-0.3, -0.25) is 0 Å². The number of rotatable bonds is 0. The molecule has 0 heterocycles. The summed E-state index contributed by atoms with van der Waals surface area (Å²) in [5.74, 6) is 0. The Balaban J connectivity index is 2.12. The lowest BCUT2D eigenvalue weighted by Crippen LogP contribution is -2.16. The molecule has 0 spiro atoms. The maximum absolute atomic E-state index is 9.41. The van der Waals surface area contributed by atoms with Crippen molar-refractivity contribution >= 4 is 0 Å². The number of hydrogen-bond acceptors (Lipinski definition) is 1. The van der Waals surface area contributed by atoms with Crippen molar-refractivity contribution in [3.05, 3.63) is 11.1 Å².